The van der Waals surface area contributed by atoms with Crippen LogP contribution in [0.5, 0.6) is 0 Å². The number of aliphatic hydroxyl groups is 1. The summed E-state index contributed by atoms with van der Waals surface area (Å²) in [4.78, 5) is 11.3. The van der Waals surface area contributed by atoms with Gasteiger partial charge in [0.05, 0.1) is 36.5 Å². The van der Waals surface area contributed by atoms with Crippen molar-refractivity contribution in [3.05, 3.63) is 34.4 Å². The minimum atomic E-state index is -4.87. The number of aliphatic hydroxyl groups excluding tert-OH is 1. The Balaban J connectivity index is 3.67. The summed E-state index contributed by atoms with van der Waals surface area (Å²) in [5, 5.41) is 17.7. The third-order valence-electron chi connectivity index (χ3n) is 2.28. The number of ether oxygens (including phenoxy) is 1. The molecule has 0 fully saturated rings. The quantitative estimate of drug-likeness (QED) is 0.823. The number of carbonyl (C=O) groups excluding carboxylic acids is 1. The van der Waals surface area contributed by atoms with Crippen molar-refractivity contribution in [3.63, 3.8) is 0 Å². The molecule has 0 radical (unpaired) electrons. The summed E-state index contributed by atoms with van der Waals surface area (Å²) in [5.74, 6) is -1.18. The predicted molar refractivity (Wildman–Crippen MR) is 53.4 cm³/mol. The zero-order valence-electron chi connectivity index (χ0n) is 9.21. The van der Waals surface area contributed by atoms with E-state index >= 15 is 0 Å². The topological polar surface area (TPSA) is 70.3 Å². The average Bonchev–Trinajstić information content (AvgIpc) is 2.34. The highest BCUT2D eigenvalue weighted by atomic mass is 19.4. The predicted octanol–water partition coefficient (Wildman–Crippen LogP) is 1.86. The van der Waals surface area contributed by atoms with E-state index in [0.717, 1.165) is 19.2 Å². The second kappa shape index (κ2) is 5.06. The van der Waals surface area contributed by atoms with Crippen molar-refractivity contribution in [2.45, 2.75) is 12.8 Å². The van der Waals surface area contributed by atoms with Gasteiger partial charge in [-0.15, -0.1) is 0 Å². The third kappa shape index (κ3) is 2.43. The van der Waals surface area contributed by atoms with Crippen LogP contribution in [0.2, 0.25) is 0 Å². The molecular formula is C11H8F3NO3. The third-order valence-corrected chi connectivity index (χ3v) is 2.28. The lowest BCUT2D eigenvalue weighted by atomic mass is 9.96. The van der Waals surface area contributed by atoms with Crippen molar-refractivity contribution in [1.29, 1.82) is 5.26 Å². The van der Waals surface area contributed by atoms with Gasteiger partial charge in [-0.2, -0.15) is 18.4 Å². The van der Waals surface area contributed by atoms with E-state index in [-0.39, 0.29) is 5.56 Å². The summed E-state index contributed by atoms with van der Waals surface area (Å²) in [5.41, 5.74) is -3.03. The number of hydrogen-bond donors (Lipinski definition) is 1. The first-order chi connectivity index (χ1) is 8.36. The fraction of sp³-hybridized carbons (Fsp3) is 0.273. The fourth-order valence-corrected chi connectivity index (χ4v) is 1.52. The van der Waals surface area contributed by atoms with Gasteiger partial charge >= 0.3 is 12.1 Å². The van der Waals surface area contributed by atoms with Gasteiger partial charge in [0.1, 0.15) is 0 Å². The number of carbonyl (C=O) groups is 1. The van der Waals surface area contributed by atoms with Gasteiger partial charge in [0, 0.05) is 5.56 Å². The Bertz CT molecular complexity index is 517. The Morgan fingerprint density at radius 1 is 1.50 bits per heavy atom. The summed E-state index contributed by atoms with van der Waals surface area (Å²) in [6, 6.07) is 3.42. The van der Waals surface area contributed by atoms with Crippen molar-refractivity contribution in [1.82, 2.24) is 0 Å². The molecule has 18 heavy (non-hydrogen) atoms. The Morgan fingerprint density at radius 2 is 2.11 bits per heavy atom. The zero-order valence-corrected chi connectivity index (χ0v) is 9.21. The molecule has 0 spiro atoms. The van der Waals surface area contributed by atoms with Gasteiger partial charge in [0.15, 0.2) is 0 Å². The molecule has 0 unspecified atom stereocenters. The van der Waals surface area contributed by atoms with Crippen LogP contribution in [0.3, 0.4) is 0 Å². The van der Waals surface area contributed by atoms with Crippen LogP contribution in [0, 0.1) is 11.3 Å². The van der Waals surface area contributed by atoms with Crippen LogP contribution >= 0.6 is 0 Å². The van der Waals surface area contributed by atoms with Crippen LogP contribution in [0.15, 0.2) is 12.1 Å². The van der Waals surface area contributed by atoms with Gasteiger partial charge in [0.2, 0.25) is 0 Å². The second-order valence-electron chi connectivity index (χ2n) is 3.27. The lowest BCUT2D eigenvalue weighted by Crippen LogP contribution is -2.18. The monoisotopic (exact) mass is 259 g/mol. The van der Waals surface area contributed by atoms with Gasteiger partial charge in [-0.1, -0.05) is 0 Å². The molecule has 0 aliphatic carbocycles. The van der Waals surface area contributed by atoms with Gasteiger partial charge in [-0.3, -0.25) is 0 Å². The summed E-state index contributed by atoms with van der Waals surface area (Å²) >= 11 is 0. The number of nitriles is 1. The standard InChI is InChI=1S/C11H8F3NO3/c1-18-10(17)7-3-2-6(4-15)8(5-16)9(7)11(12,13)14/h2-3,16H,5H2,1H3. The maximum absolute atomic E-state index is 12.9. The molecule has 0 bridgehead atoms. The molecule has 0 amide bonds. The van der Waals surface area contributed by atoms with Crippen LogP contribution in [0.4, 0.5) is 13.2 Å². The Hall–Kier alpha value is -2.07. The summed E-state index contributed by atoms with van der Waals surface area (Å²) < 4.78 is 42.9. The minimum absolute atomic E-state index is 0.336. The highest BCUT2D eigenvalue weighted by molar-refractivity contribution is 5.92. The molecule has 7 heteroatoms. The first kappa shape index (κ1) is 14.0. The Morgan fingerprint density at radius 3 is 2.50 bits per heavy atom. The summed E-state index contributed by atoms with van der Waals surface area (Å²) in [6.45, 7) is -0.997. The molecule has 4 nitrogen and oxygen atoms in total. The molecule has 1 N–H and O–H groups in total. The maximum Gasteiger partial charge on any atom is 0.417 e. The highest BCUT2D eigenvalue weighted by Crippen LogP contribution is 2.36. The molecule has 0 aliphatic heterocycles. The van der Waals surface area contributed by atoms with Crippen molar-refractivity contribution >= 4 is 5.97 Å². The van der Waals surface area contributed by atoms with Crippen LogP contribution in [0.25, 0.3) is 0 Å². The van der Waals surface area contributed by atoms with E-state index in [1.54, 1.807) is 0 Å². The van der Waals surface area contributed by atoms with E-state index in [1.165, 1.54) is 6.07 Å². The molecule has 0 aliphatic rings. The van der Waals surface area contributed by atoms with E-state index < -0.39 is 35.4 Å². The van der Waals surface area contributed by atoms with E-state index in [2.05, 4.69) is 4.74 Å². The van der Waals surface area contributed by atoms with Crippen LogP contribution in [0.1, 0.15) is 27.0 Å². The minimum Gasteiger partial charge on any atom is -0.465 e. The number of halogens is 3. The Kier molecular flexibility index (Phi) is 3.93. The fourth-order valence-electron chi connectivity index (χ4n) is 1.52. The number of methoxy groups -OCH3 is 1. The van der Waals surface area contributed by atoms with E-state index in [1.807, 2.05) is 0 Å². The smallest absolute Gasteiger partial charge is 0.417 e. The zero-order chi connectivity index (χ0) is 13.9. The lowest BCUT2D eigenvalue weighted by molar-refractivity contribution is -0.139. The van der Waals surface area contributed by atoms with Gasteiger partial charge < -0.3 is 9.84 Å². The van der Waals surface area contributed by atoms with E-state index in [4.69, 9.17) is 10.4 Å². The van der Waals surface area contributed by atoms with Crippen molar-refractivity contribution < 1.29 is 27.8 Å². The average molecular weight is 259 g/mol. The summed E-state index contributed by atoms with van der Waals surface area (Å²) in [6.07, 6.45) is -4.87. The molecule has 0 atom stereocenters. The van der Waals surface area contributed by atoms with Crippen LogP contribution in [-0.4, -0.2) is 18.2 Å². The molecule has 0 saturated heterocycles. The SMILES string of the molecule is COC(=O)c1ccc(C#N)c(CO)c1C(F)(F)F. The van der Waals surface area contributed by atoms with Gasteiger partial charge in [-0.05, 0) is 12.1 Å². The molecule has 96 valence electrons. The molecule has 0 saturated carbocycles. The number of esters is 1. The van der Waals surface area contributed by atoms with Crippen LogP contribution < -0.4 is 0 Å². The second-order valence-corrected chi connectivity index (χ2v) is 3.27. The summed E-state index contributed by atoms with van der Waals surface area (Å²) in [7, 11) is 0.944. The number of nitrogens with zero attached hydrogens (tertiary/aromatic N) is 1. The van der Waals surface area contributed by atoms with Gasteiger partial charge in [0.25, 0.3) is 0 Å². The molecule has 1 aromatic rings. The van der Waals surface area contributed by atoms with Crippen molar-refractivity contribution in [3.8, 4) is 6.07 Å². The molecular weight excluding hydrogens is 251 g/mol. The maximum atomic E-state index is 12.9. The van der Waals surface area contributed by atoms with Gasteiger partial charge in [-0.25, -0.2) is 4.79 Å². The molecule has 0 heterocycles. The number of benzene rings is 1. The number of hydrogen-bond acceptors (Lipinski definition) is 4. The van der Waals surface area contributed by atoms with Crippen molar-refractivity contribution in [2.75, 3.05) is 7.11 Å². The van der Waals surface area contributed by atoms with Crippen LogP contribution in [-0.2, 0) is 17.5 Å². The largest absolute Gasteiger partial charge is 0.465 e. The Labute approximate surface area is 100 Å². The number of rotatable bonds is 2. The molecule has 1 aromatic carbocycles. The molecule has 0 aromatic heterocycles. The number of alkyl halides is 3. The van der Waals surface area contributed by atoms with E-state index in [9.17, 15) is 18.0 Å². The lowest BCUT2D eigenvalue weighted by Gasteiger charge is -2.16. The molecule has 1 rings (SSSR count). The van der Waals surface area contributed by atoms with E-state index in [0.29, 0.717) is 0 Å². The first-order valence-corrected chi connectivity index (χ1v) is 4.69. The first-order valence-electron chi connectivity index (χ1n) is 4.69. The van der Waals surface area contributed by atoms with Crippen molar-refractivity contribution in [2.24, 2.45) is 0 Å². The normalized spacial score (nSPS) is 10.9. The highest BCUT2D eigenvalue weighted by Gasteiger charge is 2.39.